The first-order valence-electron chi connectivity index (χ1n) is 10.2. The van der Waals surface area contributed by atoms with Crippen LogP contribution in [0.1, 0.15) is 11.6 Å². The van der Waals surface area contributed by atoms with Gasteiger partial charge >= 0.3 is 0 Å². The summed E-state index contributed by atoms with van der Waals surface area (Å²) in [5.74, 6) is -0.699. The van der Waals surface area contributed by atoms with Crippen molar-refractivity contribution < 1.29 is 17.5 Å². The number of hydrogen-bond donors (Lipinski definition) is 1. The van der Waals surface area contributed by atoms with E-state index in [1.54, 1.807) is 0 Å². The van der Waals surface area contributed by atoms with E-state index in [0.717, 1.165) is 43.5 Å². The zero-order chi connectivity index (χ0) is 22.6. The Hall–Kier alpha value is -2.20. The lowest BCUT2D eigenvalue weighted by Gasteiger charge is -2.38. The van der Waals surface area contributed by atoms with Crippen LogP contribution in [0.4, 0.5) is 10.1 Å². The molecule has 0 aromatic heterocycles. The van der Waals surface area contributed by atoms with Crippen LogP contribution < -0.4 is 14.4 Å². The molecular formula is C22H31FN4O3S. The minimum atomic E-state index is -3.87. The fourth-order valence-electron chi connectivity index (χ4n) is 3.67. The van der Waals surface area contributed by atoms with Gasteiger partial charge in [-0.05, 0) is 42.9 Å². The van der Waals surface area contributed by atoms with Gasteiger partial charge in [0.15, 0.2) is 11.6 Å². The van der Waals surface area contributed by atoms with Crippen molar-refractivity contribution in [2.24, 2.45) is 0 Å². The number of hydrogen-bond acceptors (Lipinski definition) is 6. The number of halogens is 1. The number of anilines is 1. The molecule has 9 heteroatoms. The van der Waals surface area contributed by atoms with Crippen LogP contribution in [0, 0.1) is 5.82 Å². The fourth-order valence-corrected chi connectivity index (χ4v) is 4.72. The predicted octanol–water partition coefficient (Wildman–Crippen LogP) is 2.17. The molecule has 0 amide bonds. The van der Waals surface area contributed by atoms with Gasteiger partial charge in [-0.3, -0.25) is 4.90 Å². The molecule has 1 aliphatic rings. The van der Waals surface area contributed by atoms with Gasteiger partial charge in [-0.25, -0.2) is 17.5 Å². The molecule has 1 N–H and O–H groups in total. The third-order valence-corrected chi connectivity index (χ3v) is 7.09. The summed E-state index contributed by atoms with van der Waals surface area (Å²) in [7, 11) is 3.51. The second-order valence-corrected chi connectivity index (χ2v) is 9.76. The molecule has 1 saturated heterocycles. The highest BCUT2D eigenvalue weighted by atomic mass is 32.2. The molecule has 1 atom stereocenters. The molecule has 1 heterocycles. The van der Waals surface area contributed by atoms with Crippen molar-refractivity contribution in [3.8, 4) is 5.75 Å². The Morgan fingerprint density at radius 1 is 1.10 bits per heavy atom. The van der Waals surface area contributed by atoms with Gasteiger partial charge < -0.3 is 14.5 Å². The summed E-state index contributed by atoms with van der Waals surface area (Å²) < 4.78 is 47.3. The molecule has 0 spiro atoms. The Bertz CT molecular complexity index is 975. The number of ether oxygens (including phenoxy) is 1. The maximum absolute atomic E-state index is 14.0. The van der Waals surface area contributed by atoms with Crippen LogP contribution in [0.3, 0.4) is 0 Å². The summed E-state index contributed by atoms with van der Waals surface area (Å²) in [5, 5.41) is 0. The van der Waals surface area contributed by atoms with Crippen LogP contribution in [0.15, 0.2) is 47.4 Å². The second kappa shape index (κ2) is 9.95. The Labute approximate surface area is 184 Å². The minimum Gasteiger partial charge on any atom is -0.494 e. The third kappa shape index (κ3) is 5.74. The first-order chi connectivity index (χ1) is 14.7. The van der Waals surface area contributed by atoms with E-state index in [1.165, 1.54) is 19.2 Å². The average Bonchev–Trinajstić information content (AvgIpc) is 2.75. The molecular weight excluding hydrogens is 419 g/mol. The molecule has 0 bridgehead atoms. The van der Waals surface area contributed by atoms with Crippen LogP contribution >= 0.6 is 0 Å². The third-order valence-electron chi connectivity index (χ3n) is 5.67. The molecule has 31 heavy (non-hydrogen) atoms. The van der Waals surface area contributed by atoms with Crippen LogP contribution in [-0.2, 0) is 10.0 Å². The Kier molecular flexibility index (Phi) is 7.53. The first kappa shape index (κ1) is 23.5. The summed E-state index contributed by atoms with van der Waals surface area (Å²) in [6.45, 7) is 3.72. The molecule has 2 aromatic carbocycles. The van der Waals surface area contributed by atoms with E-state index in [0.29, 0.717) is 0 Å². The molecule has 0 saturated carbocycles. The topological polar surface area (TPSA) is 65.1 Å². The number of rotatable bonds is 8. The van der Waals surface area contributed by atoms with Gasteiger partial charge in [-0.15, -0.1) is 0 Å². The van der Waals surface area contributed by atoms with Crippen LogP contribution in [0.2, 0.25) is 0 Å². The molecule has 0 radical (unpaired) electrons. The normalized spacial score (nSPS) is 16.8. The van der Waals surface area contributed by atoms with Crippen LogP contribution in [0.25, 0.3) is 0 Å². The molecule has 3 rings (SSSR count). The van der Waals surface area contributed by atoms with Crippen molar-refractivity contribution in [1.82, 2.24) is 14.5 Å². The monoisotopic (exact) mass is 450 g/mol. The summed E-state index contributed by atoms with van der Waals surface area (Å²) >= 11 is 0. The van der Waals surface area contributed by atoms with Crippen molar-refractivity contribution in [3.63, 3.8) is 0 Å². The highest BCUT2D eigenvalue weighted by Crippen LogP contribution is 2.25. The number of sulfonamides is 1. The summed E-state index contributed by atoms with van der Waals surface area (Å²) in [5.41, 5.74) is 2.12. The van der Waals surface area contributed by atoms with Gasteiger partial charge in [-0.1, -0.05) is 12.1 Å². The van der Waals surface area contributed by atoms with E-state index in [-0.39, 0.29) is 23.2 Å². The van der Waals surface area contributed by atoms with Crippen molar-refractivity contribution in [2.45, 2.75) is 10.9 Å². The van der Waals surface area contributed by atoms with E-state index in [4.69, 9.17) is 4.74 Å². The van der Waals surface area contributed by atoms with E-state index in [2.05, 4.69) is 21.6 Å². The van der Waals surface area contributed by atoms with Gasteiger partial charge in [0.1, 0.15) is 0 Å². The first-order valence-corrected chi connectivity index (χ1v) is 11.7. The zero-order valence-corrected chi connectivity index (χ0v) is 19.3. The highest BCUT2D eigenvalue weighted by Gasteiger charge is 2.26. The quantitative estimate of drug-likeness (QED) is 0.665. The fraction of sp³-hybridized carbons (Fsp3) is 0.455. The standard InChI is InChI=1S/C22H31FN4O3S/c1-25(2)18-7-5-17(6-8-18)21(27-13-11-26(3)12-14-27)16-24-31(28,29)19-9-10-22(30-4)20(23)15-19/h5-10,15,21,24H,11-14,16H2,1-4H3. The van der Waals surface area contributed by atoms with Gasteiger partial charge in [0, 0.05) is 58.5 Å². The van der Waals surface area contributed by atoms with Gasteiger partial charge in [0.05, 0.1) is 12.0 Å². The van der Waals surface area contributed by atoms with Crippen molar-refractivity contribution in [3.05, 3.63) is 53.8 Å². The van der Waals surface area contributed by atoms with Gasteiger partial charge in [-0.2, -0.15) is 0 Å². The Balaban J connectivity index is 1.81. The predicted molar refractivity (Wildman–Crippen MR) is 121 cm³/mol. The second-order valence-electron chi connectivity index (χ2n) is 7.99. The molecule has 1 fully saturated rings. The molecule has 170 valence electrons. The molecule has 0 aliphatic carbocycles. The maximum atomic E-state index is 14.0. The minimum absolute atomic E-state index is 0.00949. The number of nitrogens with zero attached hydrogens (tertiary/aromatic N) is 3. The van der Waals surface area contributed by atoms with E-state index in [9.17, 15) is 12.8 Å². The summed E-state index contributed by atoms with van der Waals surface area (Å²) in [6.07, 6.45) is 0. The number of piperazine rings is 1. The van der Waals surface area contributed by atoms with Gasteiger partial charge in [0.2, 0.25) is 10.0 Å². The Morgan fingerprint density at radius 2 is 1.74 bits per heavy atom. The molecule has 2 aromatic rings. The van der Waals surface area contributed by atoms with Crippen LogP contribution in [0.5, 0.6) is 5.75 Å². The SMILES string of the molecule is COc1ccc(S(=O)(=O)NCC(c2ccc(N(C)C)cc2)N2CCN(C)CC2)cc1F. The highest BCUT2D eigenvalue weighted by molar-refractivity contribution is 7.89. The average molecular weight is 451 g/mol. The van der Waals surface area contributed by atoms with Crippen molar-refractivity contribution >= 4 is 15.7 Å². The number of likely N-dealkylation sites (N-methyl/N-ethyl adjacent to an activating group) is 1. The molecule has 1 unspecified atom stereocenters. The van der Waals surface area contributed by atoms with E-state index >= 15 is 0 Å². The lowest BCUT2D eigenvalue weighted by atomic mass is 10.0. The lowest BCUT2D eigenvalue weighted by molar-refractivity contribution is 0.113. The van der Waals surface area contributed by atoms with Gasteiger partial charge in [0.25, 0.3) is 0 Å². The molecule has 1 aliphatic heterocycles. The van der Waals surface area contributed by atoms with Crippen molar-refractivity contribution in [2.75, 3.05) is 65.9 Å². The van der Waals surface area contributed by atoms with E-state index < -0.39 is 15.8 Å². The summed E-state index contributed by atoms with van der Waals surface area (Å²) in [6, 6.07) is 11.7. The number of benzene rings is 2. The van der Waals surface area contributed by atoms with Crippen molar-refractivity contribution in [1.29, 1.82) is 0 Å². The number of methoxy groups -OCH3 is 1. The Morgan fingerprint density at radius 3 is 2.29 bits per heavy atom. The number of nitrogens with one attached hydrogen (secondary N) is 1. The largest absolute Gasteiger partial charge is 0.494 e. The smallest absolute Gasteiger partial charge is 0.240 e. The maximum Gasteiger partial charge on any atom is 0.240 e. The lowest BCUT2D eigenvalue weighted by Crippen LogP contribution is -2.48. The van der Waals surface area contributed by atoms with E-state index in [1.807, 2.05) is 43.3 Å². The van der Waals surface area contributed by atoms with Crippen LogP contribution in [-0.4, -0.2) is 79.2 Å². The zero-order valence-electron chi connectivity index (χ0n) is 18.5. The summed E-state index contributed by atoms with van der Waals surface area (Å²) in [4.78, 5) is 6.45. The molecule has 7 nitrogen and oxygen atoms in total.